The predicted molar refractivity (Wildman–Crippen MR) is 150 cm³/mol. The molecule has 1 aliphatic carbocycles. The molecule has 1 N–H and O–H groups in total. The number of para-hydroxylation sites is 1. The van der Waals surface area contributed by atoms with Gasteiger partial charge in [-0.05, 0) is 51.6 Å². The van der Waals surface area contributed by atoms with Crippen molar-refractivity contribution in [1.82, 2.24) is 4.98 Å². The van der Waals surface area contributed by atoms with Crippen LogP contribution < -0.4 is 0 Å². The van der Waals surface area contributed by atoms with E-state index in [1.54, 1.807) is 0 Å². The lowest BCUT2D eigenvalue weighted by Gasteiger charge is -2.39. The van der Waals surface area contributed by atoms with Crippen molar-refractivity contribution in [3.05, 3.63) is 129 Å². The number of fused-ring (bicyclic) bond motifs is 13. The maximum atomic E-state index is 6.62. The lowest BCUT2D eigenvalue weighted by Crippen LogP contribution is -2.32. The molecule has 8 rings (SSSR count). The van der Waals surface area contributed by atoms with Crippen LogP contribution in [0.4, 0.5) is 0 Å². The zero-order valence-electron chi connectivity index (χ0n) is 18.4. The van der Waals surface area contributed by atoms with Crippen LogP contribution in [-0.4, -0.2) is 4.98 Å². The van der Waals surface area contributed by atoms with E-state index in [4.69, 9.17) is 11.6 Å². The molecule has 0 unspecified atom stereocenters. The van der Waals surface area contributed by atoms with Crippen molar-refractivity contribution in [2.24, 2.45) is 0 Å². The summed E-state index contributed by atoms with van der Waals surface area (Å²) in [5, 5.41) is 3.13. The number of aromatic nitrogens is 1. The zero-order valence-corrected chi connectivity index (χ0v) is 21.6. The SMILES string of the molecule is Clc1cccc2c1[nH]c1c3c(ccc12)C1(c2ccc(Br)cc2S3)c2ccccc2-c2ccccc21. The number of benzene rings is 5. The molecule has 5 aromatic carbocycles. The maximum Gasteiger partial charge on any atom is 0.0736 e. The van der Waals surface area contributed by atoms with Gasteiger partial charge in [-0.2, -0.15) is 0 Å². The first-order valence-electron chi connectivity index (χ1n) is 11.6. The number of nitrogens with one attached hydrogen (secondary N) is 1. The summed E-state index contributed by atoms with van der Waals surface area (Å²) in [7, 11) is 0. The van der Waals surface area contributed by atoms with E-state index in [1.165, 1.54) is 48.6 Å². The van der Waals surface area contributed by atoms with Crippen LogP contribution in [0.1, 0.15) is 22.3 Å². The molecule has 0 saturated heterocycles. The van der Waals surface area contributed by atoms with Crippen molar-refractivity contribution in [2.45, 2.75) is 15.2 Å². The molecule has 1 aromatic heterocycles. The van der Waals surface area contributed by atoms with Crippen molar-refractivity contribution >= 4 is 61.1 Å². The molecule has 35 heavy (non-hydrogen) atoms. The number of rotatable bonds is 0. The molecule has 0 bridgehead atoms. The van der Waals surface area contributed by atoms with Gasteiger partial charge in [0.2, 0.25) is 0 Å². The minimum Gasteiger partial charge on any atom is -0.352 e. The fraction of sp³-hybridized carbons (Fsp3) is 0.0323. The molecule has 0 radical (unpaired) electrons. The van der Waals surface area contributed by atoms with Gasteiger partial charge in [-0.1, -0.05) is 118 Å². The first-order valence-corrected chi connectivity index (χ1v) is 13.6. The number of aromatic amines is 1. The van der Waals surface area contributed by atoms with Crippen molar-refractivity contribution in [1.29, 1.82) is 0 Å². The van der Waals surface area contributed by atoms with Crippen LogP contribution >= 0.6 is 39.3 Å². The van der Waals surface area contributed by atoms with Crippen LogP contribution in [0, 0.1) is 0 Å². The molecule has 1 nitrogen and oxygen atoms in total. The average molecular weight is 551 g/mol. The van der Waals surface area contributed by atoms with Gasteiger partial charge >= 0.3 is 0 Å². The van der Waals surface area contributed by atoms with Gasteiger partial charge in [-0.3, -0.25) is 0 Å². The van der Waals surface area contributed by atoms with E-state index in [9.17, 15) is 0 Å². The Balaban J connectivity index is 1.59. The van der Waals surface area contributed by atoms with Gasteiger partial charge < -0.3 is 4.98 Å². The van der Waals surface area contributed by atoms with Gasteiger partial charge in [-0.15, -0.1) is 0 Å². The van der Waals surface area contributed by atoms with Crippen LogP contribution in [-0.2, 0) is 5.41 Å². The molecule has 2 heterocycles. The molecule has 166 valence electrons. The molecule has 2 aliphatic rings. The Bertz CT molecular complexity index is 1820. The number of hydrogen-bond acceptors (Lipinski definition) is 1. The Kier molecular flexibility index (Phi) is 4.07. The van der Waals surface area contributed by atoms with Crippen LogP contribution in [0.5, 0.6) is 0 Å². The number of H-pyrrole nitrogens is 1. The van der Waals surface area contributed by atoms with Crippen molar-refractivity contribution < 1.29 is 0 Å². The summed E-state index contributed by atoms with van der Waals surface area (Å²) >= 11 is 12.2. The largest absolute Gasteiger partial charge is 0.352 e. The van der Waals surface area contributed by atoms with Crippen LogP contribution in [0.25, 0.3) is 32.9 Å². The second-order valence-electron chi connectivity index (χ2n) is 9.24. The van der Waals surface area contributed by atoms with E-state index in [0.717, 1.165) is 25.9 Å². The molecule has 0 saturated carbocycles. The Labute approximate surface area is 220 Å². The predicted octanol–water partition coefficient (Wildman–Crippen LogP) is 9.56. The second-order valence-corrected chi connectivity index (χ2v) is 11.6. The van der Waals surface area contributed by atoms with E-state index in [0.29, 0.717) is 0 Å². The fourth-order valence-corrected chi connectivity index (χ4v) is 8.36. The number of halogens is 2. The van der Waals surface area contributed by atoms with Gasteiger partial charge in [0.1, 0.15) is 0 Å². The maximum absolute atomic E-state index is 6.62. The molecule has 0 fully saturated rings. The van der Waals surface area contributed by atoms with E-state index in [2.05, 4.69) is 106 Å². The third kappa shape index (κ3) is 2.46. The molecule has 1 aliphatic heterocycles. The molecular weight excluding hydrogens is 534 g/mol. The van der Waals surface area contributed by atoms with Crippen molar-refractivity contribution in [2.75, 3.05) is 0 Å². The van der Waals surface area contributed by atoms with E-state index in [1.807, 2.05) is 23.9 Å². The van der Waals surface area contributed by atoms with E-state index in [-0.39, 0.29) is 5.41 Å². The summed E-state index contributed by atoms with van der Waals surface area (Å²) in [6, 6.07) is 35.3. The van der Waals surface area contributed by atoms with E-state index < -0.39 is 0 Å². The Morgan fingerprint density at radius 1 is 0.657 bits per heavy atom. The van der Waals surface area contributed by atoms with Gasteiger partial charge in [0.15, 0.2) is 0 Å². The summed E-state index contributed by atoms with van der Waals surface area (Å²) in [6.07, 6.45) is 0. The van der Waals surface area contributed by atoms with Crippen LogP contribution in [0.3, 0.4) is 0 Å². The highest BCUT2D eigenvalue weighted by Gasteiger charge is 2.50. The Hall–Kier alpha value is -2.98. The van der Waals surface area contributed by atoms with Crippen molar-refractivity contribution in [3.63, 3.8) is 0 Å². The molecular formula is C31H17BrClNS. The molecule has 0 atom stereocenters. The van der Waals surface area contributed by atoms with Crippen LogP contribution in [0.2, 0.25) is 5.02 Å². The molecule has 0 amide bonds. The summed E-state index contributed by atoms with van der Waals surface area (Å²) in [6.45, 7) is 0. The van der Waals surface area contributed by atoms with Crippen molar-refractivity contribution in [3.8, 4) is 11.1 Å². The Morgan fingerprint density at radius 3 is 2.11 bits per heavy atom. The monoisotopic (exact) mass is 549 g/mol. The lowest BCUT2D eigenvalue weighted by atomic mass is 9.67. The highest BCUT2D eigenvalue weighted by Crippen LogP contribution is 2.63. The summed E-state index contributed by atoms with van der Waals surface area (Å²) in [5.41, 5.74) is 9.76. The van der Waals surface area contributed by atoms with Crippen LogP contribution in [0.15, 0.2) is 111 Å². The Morgan fingerprint density at radius 2 is 1.34 bits per heavy atom. The smallest absolute Gasteiger partial charge is 0.0736 e. The standard InChI is InChI=1S/C31H17BrClNS/c32-17-12-14-24-27(16-17)35-30-25(15-13-21-20-8-5-11-26(33)28(20)34-29(21)30)31(24)22-9-3-1-6-18(22)19-7-2-4-10-23(19)31/h1-16,34H. The first-order chi connectivity index (χ1) is 17.2. The second kappa shape index (κ2) is 7.04. The highest BCUT2D eigenvalue weighted by atomic mass is 79.9. The zero-order chi connectivity index (χ0) is 23.3. The molecule has 1 spiro atoms. The molecule has 6 aromatic rings. The minimum absolute atomic E-state index is 0.376. The van der Waals surface area contributed by atoms with Gasteiger partial charge in [0.25, 0.3) is 0 Å². The van der Waals surface area contributed by atoms with Gasteiger partial charge in [0.05, 0.1) is 21.5 Å². The fourth-order valence-electron chi connectivity index (χ4n) is 6.29. The van der Waals surface area contributed by atoms with Gasteiger partial charge in [0, 0.05) is 25.0 Å². The minimum atomic E-state index is -0.376. The van der Waals surface area contributed by atoms with E-state index >= 15 is 0 Å². The highest BCUT2D eigenvalue weighted by molar-refractivity contribution is 9.10. The molecule has 4 heteroatoms. The van der Waals surface area contributed by atoms with Gasteiger partial charge in [-0.25, -0.2) is 0 Å². The lowest BCUT2D eigenvalue weighted by molar-refractivity contribution is 0.724. The third-order valence-electron chi connectivity index (χ3n) is 7.63. The topological polar surface area (TPSA) is 15.8 Å². The number of hydrogen-bond donors (Lipinski definition) is 1. The average Bonchev–Trinajstić information content (AvgIpc) is 3.41. The first kappa shape index (κ1) is 20.2. The summed E-state index contributed by atoms with van der Waals surface area (Å²) in [5.74, 6) is 0. The summed E-state index contributed by atoms with van der Waals surface area (Å²) < 4.78 is 1.09. The summed E-state index contributed by atoms with van der Waals surface area (Å²) in [4.78, 5) is 6.25. The third-order valence-corrected chi connectivity index (χ3v) is 9.62. The quantitative estimate of drug-likeness (QED) is 0.199. The normalized spacial score (nSPS) is 14.7.